The third-order valence-corrected chi connectivity index (χ3v) is 3.80. The molecule has 0 saturated carbocycles. The van der Waals surface area contributed by atoms with Crippen LogP contribution in [0.1, 0.15) is 17.0 Å². The van der Waals surface area contributed by atoms with Crippen molar-refractivity contribution in [1.29, 1.82) is 0 Å². The van der Waals surface area contributed by atoms with E-state index in [-0.39, 0.29) is 5.91 Å². The molecule has 0 spiro atoms. The molecule has 6 heteroatoms. The number of carbonyl (C=O) groups is 1. The average Bonchev–Trinajstić information content (AvgIpc) is 2.71. The third-order valence-electron chi connectivity index (χ3n) is 3.80. The summed E-state index contributed by atoms with van der Waals surface area (Å²) in [5.41, 5.74) is 3.01. The molecule has 1 saturated heterocycles. The molecule has 0 atom stereocenters. The predicted octanol–water partition coefficient (Wildman–Crippen LogP) is 0.499. The van der Waals surface area contributed by atoms with Crippen molar-refractivity contribution in [3.8, 4) is 0 Å². The zero-order valence-electron chi connectivity index (χ0n) is 13.1. The second-order valence-corrected chi connectivity index (χ2v) is 5.29. The monoisotopic (exact) mass is 292 g/mol. The smallest absolute Gasteiger partial charge is 0.244 e. The molecular formula is C15H24N4O2. The van der Waals surface area contributed by atoms with Crippen molar-refractivity contribution in [2.24, 2.45) is 7.05 Å². The first-order valence-electron chi connectivity index (χ1n) is 7.34. The van der Waals surface area contributed by atoms with E-state index in [9.17, 15) is 4.79 Å². The Morgan fingerprint density at radius 3 is 2.71 bits per heavy atom. The van der Waals surface area contributed by atoms with E-state index < -0.39 is 0 Å². The van der Waals surface area contributed by atoms with Crippen LogP contribution in [0.5, 0.6) is 0 Å². The van der Waals surface area contributed by atoms with Gasteiger partial charge in [0, 0.05) is 50.6 Å². The molecule has 116 valence electrons. The first-order chi connectivity index (χ1) is 10.1. The van der Waals surface area contributed by atoms with Crippen molar-refractivity contribution >= 4 is 12.0 Å². The Balaban J connectivity index is 1.77. The van der Waals surface area contributed by atoms with E-state index in [1.54, 1.807) is 6.08 Å². The Bertz CT molecular complexity index is 516. The molecule has 21 heavy (non-hydrogen) atoms. The number of nitrogens with one attached hydrogen (secondary N) is 1. The van der Waals surface area contributed by atoms with Crippen LogP contribution in [0.4, 0.5) is 0 Å². The second kappa shape index (κ2) is 7.38. The van der Waals surface area contributed by atoms with Crippen LogP contribution in [-0.4, -0.2) is 60.0 Å². The molecular weight excluding hydrogens is 268 g/mol. The molecule has 1 aliphatic rings. The number of aryl methyl sites for hydroxylation is 2. The maximum atomic E-state index is 11.8. The zero-order chi connectivity index (χ0) is 15.2. The summed E-state index contributed by atoms with van der Waals surface area (Å²) in [5.74, 6) is -0.0640. The Morgan fingerprint density at radius 1 is 1.38 bits per heavy atom. The first-order valence-corrected chi connectivity index (χ1v) is 7.34. The molecule has 2 heterocycles. The van der Waals surface area contributed by atoms with Crippen LogP contribution in [0, 0.1) is 13.8 Å². The van der Waals surface area contributed by atoms with E-state index in [0.717, 1.165) is 49.8 Å². The number of ether oxygens (including phenoxy) is 1. The summed E-state index contributed by atoms with van der Waals surface area (Å²) in [4.78, 5) is 14.1. The number of hydrogen-bond donors (Lipinski definition) is 1. The van der Waals surface area contributed by atoms with Crippen LogP contribution in [0.15, 0.2) is 6.08 Å². The summed E-state index contributed by atoms with van der Waals surface area (Å²) in [6, 6.07) is 0. The minimum atomic E-state index is -0.0640. The molecule has 0 radical (unpaired) electrons. The Hall–Kier alpha value is -1.66. The van der Waals surface area contributed by atoms with Crippen LogP contribution in [-0.2, 0) is 16.6 Å². The van der Waals surface area contributed by atoms with Crippen molar-refractivity contribution in [2.75, 3.05) is 39.4 Å². The molecule has 1 fully saturated rings. The fraction of sp³-hybridized carbons (Fsp3) is 0.600. The van der Waals surface area contributed by atoms with Gasteiger partial charge in [0.1, 0.15) is 0 Å². The quantitative estimate of drug-likeness (QED) is 0.803. The number of carbonyl (C=O) groups excluding carboxylic acids is 1. The molecule has 6 nitrogen and oxygen atoms in total. The number of hydrogen-bond acceptors (Lipinski definition) is 4. The number of rotatable bonds is 5. The topological polar surface area (TPSA) is 59.4 Å². The maximum Gasteiger partial charge on any atom is 0.244 e. The van der Waals surface area contributed by atoms with Gasteiger partial charge in [0.2, 0.25) is 5.91 Å². The molecule has 1 amide bonds. The van der Waals surface area contributed by atoms with Crippen LogP contribution in [0.3, 0.4) is 0 Å². The van der Waals surface area contributed by atoms with Gasteiger partial charge in [0.05, 0.1) is 18.9 Å². The SMILES string of the molecule is Cc1nn(C)c(C)c1/C=C/C(=O)NCCN1CCOCC1. The van der Waals surface area contributed by atoms with Gasteiger partial charge in [0.25, 0.3) is 0 Å². The molecule has 1 aliphatic heterocycles. The number of morpholine rings is 1. The van der Waals surface area contributed by atoms with Gasteiger partial charge in [-0.1, -0.05) is 0 Å². The molecule has 1 aromatic rings. The number of aromatic nitrogens is 2. The number of amides is 1. The molecule has 0 bridgehead atoms. The van der Waals surface area contributed by atoms with E-state index >= 15 is 0 Å². The fourth-order valence-electron chi connectivity index (χ4n) is 2.41. The zero-order valence-corrected chi connectivity index (χ0v) is 13.1. The van der Waals surface area contributed by atoms with Crippen molar-refractivity contribution in [1.82, 2.24) is 20.0 Å². The fourth-order valence-corrected chi connectivity index (χ4v) is 2.41. The summed E-state index contributed by atoms with van der Waals surface area (Å²) >= 11 is 0. The highest BCUT2D eigenvalue weighted by Gasteiger charge is 2.10. The van der Waals surface area contributed by atoms with Gasteiger partial charge in [0.15, 0.2) is 0 Å². The summed E-state index contributed by atoms with van der Waals surface area (Å²) < 4.78 is 7.12. The van der Waals surface area contributed by atoms with Gasteiger partial charge >= 0.3 is 0 Å². The van der Waals surface area contributed by atoms with Crippen LogP contribution in [0.25, 0.3) is 6.08 Å². The van der Waals surface area contributed by atoms with E-state index in [0.29, 0.717) is 6.54 Å². The van der Waals surface area contributed by atoms with Crippen molar-refractivity contribution in [3.05, 3.63) is 23.0 Å². The lowest BCUT2D eigenvalue weighted by molar-refractivity contribution is -0.116. The lowest BCUT2D eigenvalue weighted by atomic mass is 10.2. The highest BCUT2D eigenvalue weighted by atomic mass is 16.5. The lowest BCUT2D eigenvalue weighted by Crippen LogP contribution is -2.41. The largest absolute Gasteiger partial charge is 0.379 e. The molecule has 2 rings (SSSR count). The second-order valence-electron chi connectivity index (χ2n) is 5.29. The van der Waals surface area contributed by atoms with Gasteiger partial charge in [-0.25, -0.2) is 0 Å². The number of nitrogens with zero attached hydrogens (tertiary/aromatic N) is 3. The normalized spacial score (nSPS) is 16.5. The first kappa shape index (κ1) is 15.7. The molecule has 0 unspecified atom stereocenters. The van der Waals surface area contributed by atoms with Gasteiger partial charge in [-0.3, -0.25) is 14.4 Å². The lowest BCUT2D eigenvalue weighted by Gasteiger charge is -2.26. The van der Waals surface area contributed by atoms with Gasteiger partial charge in [-0.05, 0) is 19.9 Å². The van der Waals surface area contributed by atoms with Crippen molar-refractivity contribution in [2.45, 2.75) is 13.8 Å². The van der Waals surface area contributed by atoms with Crippen LogP contribution >= 0.6 is 0 Å². The third kappa shape index (κ3) is 4.41. The molecule has 0 aliphatic carbocycles. The van der Waals surface area contributed by atoms with Crippen molar-refractivity contribution in [3.63, 3.8) is 0 Å². The van der Waals surface area contributed by atoms with Gasteiger partial charge in [-0.15, -0.1) is 0 Å². The Kier molecular flexibility index (Phi) is 5.52. The van der Waals surface area contributed by atoms with E-state index in [4.69, 9.17) is 4.74 Å². The van der Waals surface area contributed by atoms with E-state index in [1.807, 2.05) is 31.7 Å². The Morgan fingerprint density at radius 2 is 2.10 bits per heavy atom. The summed E-state index contributed by atoms with van der Waals surface area (Å²) in [6.45, 7) is 8.93. The predicted molar refractivity (Wildman–Crippen MR) is 82.0 cm³/mol. The van der Waals surface area contributed by atoms with Crippen LogP contribution < -0.4 is 5.32 Å². The summed E-state index contributed by atoms with van der Waals surface area (Å²) in [5, 5.41) is 7.24. The Labute approximate surface area is 125 Å². The minimum absolute atomic E-state index is 0.0640. The molecule has 0 aromatic carbocycles. The highest BCUT2D eigenvalue weighted by molar-refractivity contribution is 5.91. The van der Waals surface area contributed by atoms with Crippen molar-refractivity contribution < 1.29 is 9.53 Å². The summed E-state index contributed by atoms with van der Waals surface area (Å²) in [7, 11) is 1.90. The molecule has 1 aromatic heterocycles. The van der Waals surface area contributed by atoms with E-state index in [1.165, 1.54) is 0 Å². The standard InChI is InChI=1S/C15H24N4O2/c1-12-14(13(2)18(3)17-12)4-5-15(20)16-6-7-19-8-10-21-11-9-19/h4-5H,6-11H2,1-3H3,(H,16,20)/b5-4+. The maximum absolute atomic E-state index is 11.8. The summed E-state index contributed by atoms with van der Waals surface area (Å²) in [6.07, 6.45) is 3.41. The highest BCUT2D eigenvalue weighted by Crippen LogP contribution is 2.13. The average molecular weight is 292 g/mol. The van der Waals surface area contributed by atoms with E-state index in [2.05, 4.69) is 15.3 Å². The van der Waals surface area contributed by atoms with Crippen LogP contribution in [0.2, 0.25) is 0 Å². The van der Waals surface area contributed by atoms with Gasteiger partial charge < -0.3 is 10.1 Å². The molecule has 1 N–H and O–H groups in total. The minimum Gasteiger partial charge on any atom is -0.379 e. The van der Waals surface area contributed by atoms with Gasteiger partial charge in [-0.2, -0.15) is 5.10 Å².